The Morgan fingerprint density at radius 3 is 2.68 bits per heavy atom. The minimum absolute atomic E-state index is 0.0822. The fraction of sp³-hybridized carbons (Fsp3) is 0.200. The van der Waals surface area contributed by atoms with E-state index in [1.807, 2.05) is 44.2 Å². The quantitative estimate of drug-likeness (QED) is 0.942. The third-order valence-electron chi connectivity index (χ3n) is 2.86. The Balaban J connectivity index is 2.01. The number of amides is 1. The second-order valence-electron chi connectivity index (χ2n) is 4.45. The fourth-order valence-corrected chi connectivity index (χ4v) is 2.00. The summed E-state index contributed by atoms with van der Waals surface area (Å²) in [6.45, 7) is 4.41. The van der Waals surface area contributed by atoms with E-state index in [-0.39, 0.29) is 5.91 Å². The first-order valence-corrected chi connectivity index (χ1v) is 6.81. The Labute approximate surface area is 121 Å². The molecule has 0 saturated carbocycles. The number of pyridine rings is 1. The first-order valence-electron chi connectivity index (χ1n) is 6.02. The molecule has 2 rings (SSSR count). The maximum atomic E-state index is 12.0. The molecule has 1 aromatic heterocycles. The van der Waals surface area contributed by atoms with Gasteiger partial charge >= 0.3 is 0 Å². The Hall–Kier alpha value is -1.68. The summed E-state index contributed by atoms with van der Waals surface area (Å²) in [6, 6.07) is 9.48. The van der Waals surface area contributed by atoms with Crippen molar-refractivity contribution in [2.45, 2.75) is 20.4 Å². The van der Waals surface area contributed by atoms with Gasteiger partial charge in [-0.3, -0.25) is 9.78 Å². The molecule has 1 N–H and O–H groups in total. The molecule has 0 aliphatic heterocycles. The van der Waals surface area contributed by atoms with Crippen molar-refractivity contribution in [3.63, 3.8) is 0 Å². The van der Waals surface area contributed by atoms with Crippen molar-refractivity contribution in [2.24, 2.45) is 0 Å². The Kier molecular flexibility index (Phi) is 4.32. The van der Waals surface area contributed by atoms with Crippen molar-refractivity contribution in [1.82, 2.24) is 10.3 Å². The average Bonchev–Trinajstić information content (AvgIpc) is 2.41. The van der Waals surface area contributed by atoms with Gasteiger partial charge in [-0.05, 0) is 43.2 Å². The summed E-state index contributed by atoms with van der Waals surface area (Å²) in [7, 11) is 0. The molecule has 3 nitrogen and oxygen atoms in total. The molecule has 0 saturated heterocycles. The number of carbonyl (C=O) groups excluding carboxylic acids is 1. The van der Waals surface area contributed by atoms with Crippen molar-refractivity contribution >= 4 is 21.8 Å². The Morgan fingerprint density at radius 1 is 1.26 bits per heavy atom. The van der Waals surface area contributed by atoms with Crippen LogP contribution in [0.25, 0.3) is 0 Å². The first kappa shape index (κ1) is 13.7. The zero-order chi connectivity index (χ0) is 13.8. The lowest BCUT2D eigenvalue weighted by molar-refractivity contribution is 0.0951. The lowest BCUT2D eigenvalue weighted by Gasteiger charge is -2.07. The van der Waals surface area contributed by atoms with Gasteiger partial charge in [-0.1, -0.05) is 28.1 Å². The number of aryl methyl sites for hydroxylation is 2. The highest BCUT2D eigenvalue weighted by Gasteiger charge is 2.06. The van der Waals surface area contributed by atoms with Gasteiger partial charge in [0.25, 0.3) is 5.91 Å². The van der Waals surface area contributed by atoms with Crippen LogP contribution in [0.4, 0.5) is 0 Å². The largest absolute Gasteiger partial charge is 0.348 e. The monoisotopic (exact) mass is 318 g/mol. The number of hydrogen-bond donors (Lipinski definition) is 1. The molecule has 1 aromatic carbocycles. The molecule has 98 valence electrons. The van der Waals surface area contributed by atoms with Crippen molar-refractivity contribution in [3.8, 4) is 0 Å². The smallest absolute Gasteiger partial charge is 0.251 e. The van der Waals surface area contributed by atoms with Crippen LogP contribution in [0.5, 0.6) is 0 Å². The van der Waals surface area contributed by atoms with Crippen LogP contribution in [0.2, 0.25) is 0 Å². The van der Waals surface area contributed by atoms with E-state index in [2.05, 4.69) is 26.2 Å². The summed E-state index contributed by atoms with van der Waals surface area (Å²) in [5.41, 5.74) is 3.72. The van der Waals surface area contributed by atoms with Crippen LogP contribution >= 0.6 is 15.9 Å². The summed E-state index contributed by atoms with van der Waals surface area (Å²) in [5, 5.41) is 2.88. The minimum Gasteiger partial charge on any atom is -0.348 e. The van der Waals surface area contributed by atoms with Crippen LogP contribution in [0.15, 0.2) is 41.0 Å². The van der Waals surface area contributed by atoms with E-state index in [1.165, 1.54) is 0 Å². The SMILES string of the molecule is Cc1ccc(CNC(=O)c2ccc(C)c(Br)c2)cn1. The number of benzene rings is 1. The molecule has 1 heterocycles. The second kappa shape index (κ2) is 5.97. The molecule has 0 radical (unpaired) electrons. The van der Waals surface area contributed by atoms with E-state index in [1.54, 1.807) is 6.20 Å². The van der Waals surface area contributed by atoms with Crippen molar-refractivity contribution < 1.29 is 4.79 Å². The number of rotatable bonds is 3. The maximum Gasteiger partial charge on any atom is 0.251 e. The molecule has 1 amide bonds. The number of hydrogen-bond acceptors (Lipinski definition) is 2. The molecule has 0 fully saturated rings. The molecule has 2 aromatic rings. The molecule has 0 aliphatic carbocycles. The van der Waals surface area contributed by atoms with Crippen molar-refractivity contribution in [1.29, 1.82) is 0 Å². The van der Waals surface area contributed by atoms with Gasteiger partial charge in [-0.2, -0.15) is 0 Å². The van der Waals surface area contributed by atoms with Gasteiger partial charge in [0.05, 0.1) is 0 Å². The highest BCUT2D eigenvalue weighted by atomic mass is 79.9. The highest BCUT2D eigenvalue weighted by Crippen LogP contribution is 2.17. The molecule has 4 heteroatoms. The average molecular weight is 319 g/mol. The molecular formula is C15H15BrN2O. The summed E-state index contributed by atoms with van der Waals surface area (Å²) in [5.74, 6) is -0.0822. The Bertz CT molecular complexity index is 594. The highest BCUT2D eigenvalue weighted by molar-refractivity contribution is 9.10. The number of halogens is 1. The van der Waals surface area contributed by atoms with Crippen LogP contribution in [0.3, 0.4) is 0 Å². The van der Waals surface area contributed by atoms with Gasteiger partial charge in [-0.15, -0.1) is 0 Å². The van der Waals surface area contributed by atoms with Gasteiger partial charge in [0.15, 0.2) is 0 Å². The number of nitrogens with one attached hydrogen (secondary N) is 1. The third-order valence-corrected chi connectivity index (χ3v) is 3.71. The van der Waals surface area contributed by atoms with E-state index in [9.17, 15) is 4.79 Å². The molecule has 0 bridgehead atoms. The van der Waals surface area contributed by atoms with Crippen molar-refractivity contribution in [3.05, 3.63) is 63.4 Å². The minimum atomic E-state index is -0.0822. The molecule has 0 atom stereocenters. The third kappa shape index (κ3) is 3.64. The van der Waals surface area contributed by atoms with Crippen LogP contribution in [-0.2, 0) is 6.54 Å². The van der Waals surface area contributed by atoms with Crippen LogP contribution in [0.1, 0.15) is 27.2 Å². The zero-order valence-corrected chi connectivity index (χ0v) is 12.5. The topological polar surface area (TPSA) is 42.0 Å². The van der Waals surface area contributed by atoms with E-state index < -0.39 is 0 Å². The van der Waals surface area contributed by atoms with Gasteiger partial charge in [0.1, 0.15) is 0 Å². The van der Waals surface area contributed by atoms with Gasteiger partial charge in [0, 0.05) is 28.5 Å². The first-order chi connectivity index (χ1) is 9.06. The van der Waals surface area contributed by atoms with Gasteiger partial charge in [-0.25, -0.2) is 0 Å². The van der Waals surface area contributed by atoms with Crippen LogP contribution in [-0.4, -0.2) is 10.9 Å². The lowest BCUT2D eigenvalue weighted by Crippen LogP contribution is -2.22. The Morgan fingerprint density at radius 2 is 2.05 bits per heavy atom. The number of nitrogens with zero attached hydrogens (tertiary/aromatic N) is 1. The zero-order valence-electron chi connectivity index (χ0n) is 10.9. The van der Waals surface area contributed by atoms with E-state index in [4.69, 9.17) is 0 Å². The van der Waals surface area contributed by atoms with Crippen LogP contribution in [0, 0.1) is 13.8 Å². The second-order valence-corrected chi connectivity index (χ2v) is 5.31. The van der Waals surface area contributed by atoms with E-state index in [0.29, 0.717) is 12.1 Å². The summed E-state index contributed by atoms with van der Waals surface area (Å²) in [6.07, 6.45) is 1.78. The maximum absolute atomic E-state index is 12.0. The molecule has 0 spiro atoms. The molecule has 19 heavy (non-hydrogen) atoms. The fourth-order valence-electron chi connectivity index (χ4n) is 1.62. The van der Waals surface area contributed by atoms with Gasteiger partial charge in [0.2, 0.25) is 0 Å². The van der Waals surface area contributed by atoms with E-state index in [0.717, 1.165) is 21.3 Å². The predicted octanol–water partition coefficient (Wildman–Crippen LogP) is 3.39. The number of aromatic nitrogens is 1. The molecule has 0 aliphatic rings. The summed E-state index contributed by atoms with van der Waals surface area (Å²) < 4.78 is 0.942. The summed E-state index contributed by atoms with van der Waals surface area (Å²) in [4.78, 5) is 16.2. The van der Waals surface area contributed by atoms with E-state index >= 15 is 0 Å². The lowest BCUT2D eigenvalue weighted by atomic mass is 10.1. The normalized spacial score (nSPS) is 10.3. The number of carbonyl (C=O) groups is 1. The standard InChI is InChI=1S/C15H15BrN2O/c1-10-3-6-13(7-14(10)16)15(19)18-9-12-5-4-11(2)17-8-12/h3-8H,9H2,1-2H3,(H,18,19). The van der Waals surface area contributed by atoms with Crippen molar-refractivity contribution in [2.75, 3.05) is 0 Å². The predicted molar refractivity (Wildman–Crippen MR) is 79.0 cm³/mol. The van der Waals surface area contributed by atoms with Gasteiger partial charge < -0.3 is 5.32 Å². The molecular weight excluding hydrogens is 304 g/mol. The molecule has 0 unspecified atom stereocenters. The summed E-state index contributed by atoms with van der Waals surface area (Å²) >= 11 is 3.43. The van der Waals surface area contributed by atoms with Crippen LogP contribution < -0.4 is 5.32 Å².